The molecular weight excluding hydrogens is 512 g/mol. The summed E-state index contributed by atoms with van der Waals surface area (Å²) < 4.78 is 72.5. The summed E-state index contributed by atoms with van der Waals surface area (Å²) in [5.74, 6) is -1.05. The number of aryl methyl sites for hydroxylation is 1. The van der Waals surface area contributed by atoms with Gasteiger partial charge in [-0.1, -0.05) is 19.1 Å². The van der Waals surface area contributed by atoms with E-state index in [1.54, 1.807) is 43.1 Å². The first-order valence-corrected chi connectivity index (χ1v) is 11.9. The largest absolute Gasteiger partial charge is 0.416 e. The molecule has 0 unspecified atom stereocenters. The first-order chi connectivity index (χ1) is 17.3. The molecule has 3 heterocycles. The van der Waals surface area contributed by atoms with Crippen molar-refractivity contribution < 1.29 is 31.5 Å². The molecule has 1 amide bonds. The van der Waals surface area contributed by atoms with Crippen LogP contribution in [0.4, 0.5) is 32.3 Å². The van der Waals surface area contributed by atoms with Crippen molar-refractivity contribution >= 4 is 11.6 Å². The highest BCUT2D eigenvalue weighted by Gasteiger charge is 2.42. The normalized spacial score (nSPS) is 18.5. The molecule has 0 radical (unpaired) electrons. The summed E-state index contributed by atoms with van der Waals surface area (Å²) in [7, 11) is 1.63. The number of fused-ring (bicyclic) bond motifs is 1. The maximum absolute atomic E-state index is 15.2. The zero-order valence-corrected chi connectivity index (χ0v) is 21.0. The summed E-state index contributed by atoms with van der Waals surface area (Å²) in [5, 5.41) is 7.53. The Morgan fingerprint density at radius 2 is 1.87 bits per heavy atom. The van der Waals surface area contributed by atoms with E-state index in [-0.39, 0.29) is 47.8 Å². The lowest BCUT2D eigenvalue weighted by Crippen LogP contribution is -2.56. The van der Waals surface area contributed by atoms with Crippen molar-refractivity contribution in [3.8, 4) is 0 Å². The van der Waals surface area contributed by atoms with Crippen molar-refractivity contribution in [2.45, 2.75) is 50.9 Å². The second kappa shape index (κ2) is 9.72. The van der Waals surface area contributed by atoms with Crippen LogP contribution in [0.1, 0.15) is 64.4 Å². The van der Waals surface area contributed by atoms with Gasteiger partial charge in [-0.05, 0) is 47.9 Å². The highest BCUT2D eigenvalue weighted by molar-refractivity contribution is 6.10. The van der Waals surface area contributed by atoms with Gasteiger partial charge >= 0.3 is 6.18 Å². The van der Waals surface area contributed by atoms with E-state index in [2.05, 4.69) is 10.2 Å². The van der Waals surface area contributed by atoms with E-state index in [0.29, 0.717) is 16.8 Å². The summed E-state index contributed by atoms with van der Waals surface area (Å²) in [4.78, 5) is 16.3. The third-order valence-electron chi connectivity index (χ3n) is 7.06. The molecular formula is C26H27F6N5O. The Hall–Kier alpha value is -3.41. The average molecular weight is 540 g/mol. The SMILES string of the molecule is C[C@@H](c1cccc(N2Cc3c(cc(CN4CC(C)(F)C4)cc3C(F)(F)F)C2=O)c1)[C@@H](F)c1nncn1C.F. The van der Waals surface area contributed by atoms with Crippen molar-refractivity contribution in [3.05, 3.63) is 76.4 Å². The van der Waals surface area contributed by atoms with Gasteiger partial charge in [-0.25, -0.2) is 8.78 Å². The van der Waals surface area contributed by atoms with Crippen LogP contribution in [0.15, 0.2) is 42.7 Å². The zero-order chi connectivity index (χ0) is 26.7. The molecule has 0 N–H and O–H groups in total. The zero-order valence-electron chi connectivity index (χ0n) is 21.0. The number of benzene rings is 2. The molecule has 1 aromatic heterocycles. The molecule has 1 saturated heterocycles. The van der Waals surface area contributed by atoms with Gasteiger partial charge in [-0.2, -0.15) is 13.2 Å². The number of alkyl halides is 5. The van der Waals surface area contributed by atoms with E-state index in [9.17, 15) is 22.4 Å². The van der Waals surface area contributed by atoms with Crippen molar-refractivity contribution in [1.29, 1.82) is 0 Å². The van der Waals surface area contributed by atoms with Gasteiger partial charge in [-0.3, -0.25) is 14.4 Å². The van der Waals surface area contributed by atoms with E-state index in [4.69, 9.17) is 0 Å². The van der Waals surface area contributed by atoms with Gasteiger partial charge in [0.25, 0.3) is 5.91 Å². The van der Waals surface area contributed by atoms with Crippen LogP contribution in [0, 0.1) is 0 Å². The molecule has 3 aromatic rings. The van der Waals surface area contributed by atoms with Crippen LogP contribution >= 0.6 is 0 Å². The Labute approximate surface area is 215 Å². The fourth-order valence-corrected chi connectivity index (χ4v) is 5.19. The molecule has 0 aliphatic carbocycles. The molecule has 0 spiro atoms. The highest BCUT2D eigenvalue weighted by atomic mass is 19.4. The van der Waals surface area contributed by atoms with Crippen LogP contribution < -0.4 is 4.90 Å². The van der Waals surface area contributed by atoms with Crippen LogP contribution in [0.5, 0.6) is 0 Å². The van der Waals surface area contributed by atoms with Gasteiger partial charge in [-0.15, -0.1) is 10.2 Å². The van der Waals surface area contributed by atoms with Gasteiger partial charge < -0.3 is 9.47 Å². The van der Waals surface area contributed by atoms with E-state index >= 15 is 4.39 Å². The summed E-state index contributed by atoms with van der Waals surface area (Å²) in [6.07, 6.45) is -4.73. The second-order valence-corrected chi connectivity index (χ2v) is 10.2. The number of aromatic nitrogens is 3. The number of carbonyl (C=O) groups is 1. The number of rotatable bonds is 6. The fourth-order valence-electron chi connectivity index (χ4n) is 5.19. The van der Waals surface area contributed by atoms with Crippen LogP contribution in [0.2, 0.25) is 0 Å². The lowest BCUT2D eigenvalue weighted by atomic mass is 9.95. The van der Waals surface area contributed by atoms with E-state index < -0.39 is 35.4 Å². The average Bonchev–Trinajstić information content (AvgIpc) is 3.39. The highest BCUT2D eigenvalue weighted by Crippen LogP contribution is 2.41. The molecule has 2 aliphatic heterocycles. The summed E-state index contributed by atoms with van der Waals surface area (Å²) in [6, 6.07) is 9.11. The molecule has 6 nitrogen and oxygen atoms in total. The number of halogens is 6. The molecule has 2 aliphatic rings. The van der Waals surface area contributed by atoms with Crippen LogP contribution in [-0.2, 0) is 26.3 Å². The van der Waals surface area contributed by atoms with Crippen LogP contribution in [0.3, 0.4) is 0 Å². The van der Waals surface area contributed by atoms with Crippen molar-refractivity contribution in [3.63, 3.8) is 0 Å². The number of hydrogen-bond donors (Lipinski definition) is 0. The third kappa shape index (κ3) is 5.01. The van der Waals surface area contributed by atoms with Gasteiger partial charge in [0.05, 0.1) is 12.1 Å². The van der Waals surface area contributed by atoms with Gasteiger partial charge in [0.15, 0.2) is 12.0 Å². The lowest BCUT2D eigenvalue weighted by molar-refractivity contribution is -0.138. The summed E-state index contributed by atoms with van der Waals surface area (Å²) in [6.45, 7) is 3.24. The molecule has 2 atom stereocenters. The fraction of sp³-hybridized carbons (Fsp3) is 0.423. The number of carbonyl (C=O) groups excluding carboxylic acids is 1. The molecule has 204 valence electrons. The Morgan fingerprint density at radius 1 is 1.16 bits per heavy atom. The number of nitrogens with zero attached hydrogens (tertiary/aromatic N) is 5. The molecule has 5 rings (SSSR count). The van der Waals surface area contributed by atoms with Crippen molar-refractivity contribution in [2.75, 3.05) is 18.0 Å². The predicted molar refractivity (Wildman–Crippen MR) is 129 cm³/mol. The Morgan fingerprint density at radius 3 is 2.47 bits per heavy atom. The maximum atomic E-state index is 15.2. The smallest absolute Gasteiger partial charge is 0.318 e. The van der Waals surface area contributed by atoms with E-state index in [0.717, 1.165) is 6.07 Å². The monoisotopic (exact) mass is 539 g/mol. The topological polar surface area (TPSA) is 54.3 Å². The van der Waals surface area contributed by atoms with Gasteiger partial charge in [0.2, 0.25) is 0 Å². The standard InChI is InChI=1S/C26H26F5N5O.FH/c1-15(22(27)23-33-32-14-34(23)3)17-5-4-6-18(9-17)36-11-20-19(24(36)37)7-16(8-21(20)26(29,30)31)10-35-12-25(2,28)13-35;/h4-9,14-15,22H,10-13H2,1-3H3;1H/t15-,22+;/m0./s1. The minimum atomic E-state index is -4.66. The minimum absolute atomic E-state index is 0. The second-order valence-electron chi connectivity index (χ2n) is 10.2. The number of anilines is 1. The number of amides is 1. The quantitative estimate of drug-likeness (QED) is 0.388. The number of likely N-dealkylation sites (tertiary alicyclic amines) is 1. The van der Waals surface area contributed by atoms with Gasteiger partial charge in [0.1, 0.15) is 12.0 Å². The third-order valence-corrected chi connectivity index (χ3v) is 7.06. The van der Waals surface area contributed by atoms with Crippen LogP contribution in [0.25, 0.3) is 0 Å². The summed E-state index contributed by atoms with van der Waals surface area (Å²) >= 11 is 0. The number of hydrogen-bond acceptors (Lipinski definition) is 4. The lowest BCUT2D eigenvalue weighted by Gasteiger charge is -2.42. The maximum Gasteiger partial charge on any atom is 0.416 e. The predicted octanol–water partition coefficient (Wildman–Crippen LogP) is 5.50. The Kier molecular flexibility index (Phi) is 7.06. The molecule has 0 bridgehead atoms. The van der Waals surface area contributed by atoms with Crippen LogP contribution in [-0.4, -0.2) is 44.3 Å². The van der Waals surface area contributed by atoms with Crippen molar-refractivity contribution in [2.24, 2.45) is 7.05 Å². The molecule has 1 fully saturated rings. The van der Waals surface area contributed by atoms with E-state index in [1.165, 1.54) is 28.8 Å². The Balaban J connectivity index is 0.00000336. The Bertz CT molecular complexity index is 1350. The summed E-state index contributed by atoms with van der Waals surface area (Å²) in [5.41, 5.74) is -1.08. The first kappa shape index (κ1) is 27.6. The molecule has 2 aromatic carbocycles. The van der Waals surface area contributed by atoms with Gasteiger partial charge in [0, 0.05) is 43.9 Å². The van der Waals surface area contributed by atoms with E-state index in [1.807, 2.05) is 0 Å². The first-order valence-electron chi connectivity index (χ1n) is 11.9. The van der Waals surface area contributed by atoms with Crippen molar-refractivity contribution in [1.82, 2.24) is 19.7 Å². The molecule has 12 heteroatoms. The molecule has 0 saturated carbocycles. The molecule has 38 heavy (non-hydrogen) atoms. The minimum Gasteiger partial charge on any atom is -0.318 e.